The molecule has 0 spiro atoms. The van der Waals surface area contributed by atoms with Crippen LogP contribution in [-0.2, 0) is 4.79 Å². The average molecular weight is 240 g/mol. The van der Waals surface area contributed by atoms with Gasteiger partial charge in [0.05, 0.1) is 18.2 Å². The Balaban J connectivity index is 2.50. The molecule has 3 N–H and O–H groups in total. The molecule has 2 aromatic rings. The first-order valence-electron chi connectivity index (χ1n) is 4.69. The van der Waals surface area contributed by atoms with Crippen LogP contribution in [0.1, 0.15) is 18.2 Å². The van der Waals surface area contributed by atoms with Crippen molar-refractivity contribution >= 4 is 23.2 Å². The Kier molecular flexibility index (Phi) is 2.80. The van der Waals surface area contributed by atoms with Crippen LogP contribution in [0.2, 0.25) is 5.15 Å². The fraction of sp³-hybridized carbons (Fsp3) is 0.200. The lowest BCUT2D eigenvalue weighted by atomic mass is 10.1. The maximum Gasteiger partial charge on any atom is 0.305 e. The standard InChI is InChI=1S/C10H10ClN3O2/c11-10-9(6(12)5-8(15)16)14-4-2-1-3-7(14)13-10/h1-4,6H,5,12H2,(H,15,16). The topological polar surface area (TPSA) is 80.6 Å². The van der Waals surface area contributed by atoms with Gasteiger partial charge >= 0.3 is 5.97 Å². The third kappa shape index (κ3) is 1.87. The number of nitrogens with zero attached hydrogens (tertiary/aromatic N) is 2. The van der Waals surface area contributed by atoms with E-state index in [1.165, 1.54) is 0 Å². The zero-order chi connectivity index (χ0) is 11.7. The first-order valence-corrected chi connectivity index (χ1v) is 5.07. The lowest BCUT2D eigenvalue weighted by Gasteiger charge is -2.08. The van der Waals surface area contributed by atoms with E-state index in [0.717, 1.165) is 0 Å². The molecule has 0 saturated heterocycles. The summed E-state index contributed by atoms with van der Waals surface area (Å²) < 4.78 is 1.70. The van der Waals surface area contributed by atoms with Crippen molar-refractivity contribution in [3.63, 3.8) is 0 Å². The summed E-state index contributed by atoms with van der Waals surface area (Å²) in [4.78, 5) is 14.7. The van der Waals surface area contributed by atoms with Gasteiger partial charge in [0.25, 0.3) is 0 Å². The molecule has 0 aromatic carbocycles. The molecular formula is C10H10ClN3O2. The Labute approximate surface area is 96.5 Å². The number of imidazole rings is 1. The number of pyridine rings is 1. The Morgan fingerprint density at radius 3 is 3.06 bits per heavy atom. The van der Waals surface area contributed by atoms with Crippen LogP contribution in [0, 0.1) is 0 Å². The van der Waals surface area contributed by atoms with E-state index >= 15 is 0 Å². The number of nitrogens with two attached hydrogens (primary N) is 1. The number of carboxylic acid groups (broad SMARTS) is 1. The molecular weight excluding hydrogens is 230 g/mol. The number of hydrogen-bond acceptors (Lipinski definition) is 3. The number of aromatic nitrogens is 2. The molecule has 5 nitrogen and oxygen atoms in total. The molecule has 0 saturated carbocycles. The van der Waals surface area contributed by atoms with Crippen LogP contribution >= 0.6 is 11.6 Å². The van der Waals surface area contributed by atoms with Crippen LogP contribution in [0.4, 0.5) is 0 Å². The summed E-state index contributed by atoms with van der Waals surface area (Å²) in [6.07, 6.45) is 1.58. The van der Waals surface area contributed by atoms with E-state index in [4.69, 9.17) is 22.4 Å². The van der Waals surface area contributed by atoms with E-state index in [1.807, 2.05) is 12.1 Å². The van der Waals surface area contributed by atoms with Crippen LogP contribution in [-0.4, -0.2) is 20.5 Å². The summed E-state index contributed by atoms with van der Waals surface area (Å²) >= 11 is 5.94. The van der Waals surface area contributed by atoms with Crippen molar-refractivity contribution in [2.24, 2.45) is 5.73 Å². The van der Waals surface area contributed by atoms with E-state index in [2.05, 4.69) is 4.98 Å². The Bertz CT molecular complexity index is 538. The highest BCUT2D eigenvalue weighted by Crippen LogP contribution is 2.24. The van der Waals surface area contributed by atoms with Crippen LogP contribution < -0.4 is 5.73 Å². The molecule has 0 aliphatic carbocycles. The van der Waals surface area contributed by atoms with Gasteiger partial charge < -0.3 is 15.2 Å². The van der Waals surface area contributed by atoms with E-state index in [0.29, 0.717) is 11.3 Å². The van der Waals surface area contributed by atoms with Gasteiger partial charge in [0.2, 0.25) is 0 Å². The van der Waals surface area contributed by atoms with Crippen molar-refractivity contribution in [1.29, 1.82) is 0 Å². The van der Waals surface area contributed by atoms with Crippen LogP contribution in [0.25, 0.3) is 5.65 Å². The molecule has 0 bridgehead atoms. The van der Waals surface area contributed by atoms with Crippen molar-refractivity contribution in [3.05, 3.63) is 35.2 Å². The number of carboxylic acids is 1. The highest BCUT2D eigenvalue weighted by atomic mass is 35.5. The minimum absolute atomic E-state index is 0.178. The SMILES string of the molecule is NC(CC(=O)O)c1c(Cl)nc2ccccn12. The molecule has 0 radical (unpaired) electrons. The predicted molar refractivity (Wildman–Crippen MR) is 59.4 cm³/mol. The minimum atomic E-state index is -0.963. The molecule has 2 aromatic heterocycles. The van der Waals surface area contributed by atoms with Gasteiger partial charge in [0.15, 0.2) is 5.15 Å². The smallest absolute Gasteiger partial charge is 0.305 e. The number of fused-ring (bicyclic) bond motifs is 1. The maximum absolute atomic E-state index is 10.6. The van der Waals surface area contributed by atoms with Gasteiger partial charge in [-0.1, -0.05) is 17.7 Å². The Morgan fingerprint density at radius 2 is 2.38 bits per heavy atom. The lowest BCUT2D eigenvalue weighted by molar-refractivity contribution is -0.137. The largest absolute Gasteiger partial charge is 0.481 e. The van der Waals surface area contributed by atoms with Crippen LogP contribution in [0.15, 0.2) is 24.4 Å². The van der Waals surface area contributed by atoms with Crippen LogP contribution in [0.3, 0.4) is 0 Å². The van der Waals surface area contributed by atoms with Gasteiger partial charge in [0, 0.05) is 6.20 Å². The van der Waals surface area contributed by atoms with Crippen LogP contribution in [0.5, 0.6) is 0 Å². The summed E-state index contributed by atoms with van der Waals surface area (Å²) in [5, 5.41) is 8.94. The molecule has 0 aliphatic rings. The van der Waals surface area contributed by atoms with E-state index < -0.39 is 12.0 Å². The quantitative estimate of drug-likeness (QED) is 0.850. The molecule has 2 heterocycles. The number of carbonyl (C=O) groups is 1. The molecule has 6 heteroatoms. The first-order chi connectivity index (χ1) is 7.59. The zero-order valence-corrected chi connectivity index (χ0v) is 9.05. The third-order valence-electron chi connectivity index (χ3n) is 2.27. The normalized spacial score (nSPS) is 12.9. The van der Waals surface area contributed by atoms with Crippen molar-refractivity contribution in [3.8, 4) is 0 Å². The minimum Gasteiger partial charge on any atom is -0.481 e. The van der Waals surface area contributed by atoms with E-state index in [9.17, 15) is 4.79 Å². The van der Waals surface area contributed by atoms with Gasteiger partial charge in [-0.3, -0.25) is 4.79 Å². The average Bonchev–Trinajstić information content (AvgIpc) is 2.52. The highest BCUT2D eigenvalue weighted by molar-refractivity contribution is 6.30. The molecule has 1 unspecified atom stereocenters. The second-order valence-corrected chi connectivity index (χ2v) is 3.78. The second kappa shape index (κ2) is 4.11. The number of hydrogen-bond donors (Lipinski definition) is 2. The molecule has 0 fully saturated rings. The van der Waals surface area contributed by atoms with Gasteiger partial charge in [-0.2, -0.15) is 0 Å². The predicted octanol–water partition coefficient (Wildman–Crippen LogP) is 1.46. The molecule has 1 atom stereocenters. The Hall–Kier alpha value is -1.59. The molecule has 84 valence electrons. The number of halogens is 1. The Morgan fingerprint density at radius 1 is 1.62 bits per heavy atom. The lowest BCUT2D eigenvalue weighted by Crippen LogP contribution is -2.17. The van der Waals surface area contributed by atoms with Crippen molar-refractivity contribution in [2.45, 2.75) is 12.5 Å². The highest BCUT2D eigenvalue weighted by Gasteiger charge is 2.19. The summed E-state index contributed by atoms with van der Waals surface area (Å²) in [7, 11) is 0. The van der Waals surface area contributed by atoms with Crippen molar-refractivity contribution in [2.75, 3.05) is 0 Å². The van der Waals surface area contributed by atoms with E-state index in [1.54, 1.807) is 16.7 Å². The first kappa shape index (κ1) is 10.9. The van der Waals surface area contributed by atoms with Gasteiger partial charge in [0.1, 0.15) is 5.65 Å². The maximum atomic E-state index is 10.6. The van der Waals surface area contributed by atoms with E-state index in [-0.39, 0.29) is 11.6 Å². The summed E-state index contributed by atoms with van der Waals surface area (Å²) in [5.41, 5.74) is 6.96. The zero-order valence-electron chi connectivity index (χ0n) is 8.30. The van der Waals surface area contributed by atoms with Crippen molar-refractivity contribution in [1.82, 2.24) is 9.38 Å². The monoisotopic (exact) mass is 239 g/mol. The van der Waals surface area contributed by atoms with Gasteiger partial charge in [-0.15, -0.1) is 0 Å². The van der Waals surface area contributed by atoms with Crippen molar-refractivity contribution < 1.29 is 9.90 Å². The number of aliphatic carboxylic acids is 1. The summed E-state index contributed by atoms with van der Waals surface area (Å²) in [6.45, 7) is 0. The number of rotatable bonds is 3. The molecule has 0 aliphatic heterocycles. The summed E-state index contributed by atoms with van der Waals surface area (Å²) in [6, 6.07) is 4.75. The second-order valence-electron chi connectivity index (χ2n) is 3.42. The van der Waals surface area contributed by atoms with Gasteiger partial charge in [-0.05, 0) is 12.1 Å². The molecule has 2 rings (SSSR count). The summed E-state index contributed by atoms with van der Waals surface area (Å²) in [5.74, 6) is -0.963. The fourth-order valence-electron chi connectivity index (χ4n) is 1.60. The molecule has 0 amide bonds. The fourth-order valence-corrected chi connectivity index (χ4v) is 1.92. The van der Waals surface area contributed by atoms with Gasteiger partial charge in [-0.25, -0.2) is 4.98 Å². The molecule has 16 heavy (non-hydrogen) atoms. The third-order valence-corrected chi connectivity index (χ3v) is 2.55.